The van der Waals surface area contributed by atoms with Gasteiger partial charge in [0.15, 0.2) is 0 Å². The molecule has 0 saturated heterocycles. The first-order chi connectivity index (χ1) is 32.6. The van der Waals surface area contributed by atoms with Crippen molar-refractivity contribution in [3.05, 3.63) is 223 Å². The molecule has 2 heteroatoms. The predicted octanol–water partition coefficient (Wildman–Crippen LogP) is 17.4. The molecule has 1 spiro atoms. The molecule has 15 rings (SSSR count). The second-order valence-corrected chi connectivity index (χ2v) is 19.7. The number of fused-ring (bicyclic) bond motifs is 6. The summed E-state index contributed by atoms with van der Waals surface area (Å²) in [5, 5.41) is 2.23. The number of nitrogens with zero attached hydrogens (tertiary/aromatic N) is 1. The highest BCUT2D eigenvalue weighted by Crippen LogP contribution is 2.69. The van der Waals surface area contributed by atoms with Crippen LogP contribution in [0.3, 0.4) is 0 Å². The number of rotatable bonds is 7. The number of benzene rings is 9. The Balaban J connectivity index is 0.763. The fraction of sp³-hybridized carbons (Fsp3) is 0.156. The van der Waals surface area contributed by atoms with Crippen molar-refractivity contribution in [2.75, 3.05) is 4.90 Å². The van der Waals surface area contributed by atoms with E-state index in [0.717, 1.165) is 62.7 Å². The van der Waals surface area contributed by atoms with Gasteiger partial charge in [0.25, 0.3) is 0 Å². The van der Waals surface area contributed by atoms with Gasteiger partial charge in [-0.3, -0.25) is 0 Å². The normalized spacial score (nSPS) is 21.1. The van der Waals surface area contributed by atoms with Crippen molar-refractivity contribution < 1.29 is 4.42 Å². The van der Waals surface area contributed by atoms with Crippen LogP contribution in [0.4, 0.5) is 17.1 Å². The standard InChI is InChI=1S/C64H49NO/c1-2-9-43(10-3-1)45-21-26-53(27-22-45)65(55-30-32-63-59(40-55)57-14-5-7-16-62(57)66-63)54-28-23-46(24-29-54)44-17-19-47(20-18-44)48-11-8-12-49(38-48)50-25-31-61-58(39-50)56-13-4-6-15-60(56)64(61)51-34-41-33-42(36-51)37-52(64)35-41/h1-32,38-42,51-52H,33-37H2. The minimum absolute atomic E-state index is 0.210. The smallest absolute Gasteiger partial charge is 0.135 e. The molecule has 0 amide bonds. The van der Waals surface area contributed by atoms with Crippen LogP contribution < -0.4 is 4.90 Å². The van der Waals surface area contributed by atoms with E-state index in [1.54, 1.807) is 11.1 Å². The fourth-order valence-corrected chi connectivity index (χ4v) is 13.6. The van der Waals surface area contributed by atoms with Crippen LogP contribution in [0, 0.1) is 23.7 Å². The van der Waals surface area contributed by atoms with Crippen LogP contribution in [-0.4, -0.2) is 0 Å². The van der Waals surface area contributed by atoms with E-state index in [1.165, 1.54) is 87.7 Å². The number of para-hydroxylation sites is 1. The lowest BCUT2D eigenvalue weighted by molar-refractivity contribution is -0.0399. The molecule has 2 nitrogen and oxygen atoms in total. The maximum atomic E-state index is 6.23. The van der Waals surface area contributed by atoms with E-state index in [2.05, 4.69) is 205 Å². The van der Waals surface area contributed by atoms with E-state index in [9.17, 15) is 0 Å². The summed E-state index contributed by atoms with van der Waals surface area (Å²) in [5.74, 6) is 3.48. The summed E-state index contributed by atoms with van der Waals surface area (Å²) in [6, 6.07) is 78.5. The molecule has 4 saturated carbocycles. The lowest BCUT2D eigenvalue weighted by atomic mass is 9.43. The first-order valence-electron chi connectivity index (χ1n) is 24.1. The molecule has 4 fully saturated rings. The van der Waals surface area contributed by atoms with Gasteiger partial charge in [0.1, 0.15) is 11.2 Å². The Kier molecular flexibility index (Phi) is 8.50. The molecular formula is C64H49NO. The van der Waals surface area contributed by atoms with Gasteiger partial charge in [-0.05, 0) is 183 Å². The molecule has 316 valence electrons. The average Bonchev–Trinajstić information content (AvgIpc) is 3.89. The molecule has 0 radical (unpaired) electrons. The SMILES string of the molecule is c1ccc(-c2ccc(N(c3ccc(-c4ccc(-c5cccc(-c6ccc7c(c6)-c6ccccc6C76C7CC8CC(C7)CC6C8)c5)cc4)cc3)c3ccc4oc5ccccc5c4c3)cc2)cc1. The Morgan fingerprint density at radius 3 is 1.52 bits per heavy atom. The fourth-order valence-electron chi connectivity index (χ4n) is 13.6. The van der Waals surface area contributed by atoms with Gasteiger partial charge in [0.05, 0.1) is 0 Å². The average molecular weight is 848 g/mol. The molecule has 0 atom stereocenters. The summed E-state index contributed by atoms with van der Waals surface area (Å²) in [6.07, 6.45) is 7.15. The summed E-state index contributed by atoms with van der Waals surface area (Å²) >= 11 is 0. The summed E-state index contributed by atoms with van der Waals surface area (Å²) in [6.45, 7) is 0. The molecule has 0 N–H and O–H groups in total. The Hall–Kier alpha value is -7.42. The molecule has 1 heterocycles. The number of anilines is 3. The minimum Gasteiger partial charge on any atom is -0.456 e. The largest absolute Gasteiger partial charge is 0.456 e. The molecule has 9 aromatic carbocycles. The van der Waals surface area contributed by atoms with Crippen molar-refractivity contribution in [3.8, 4) is 55.6 Å². The summed E-state index contributed by atoms with van der Waals surface area (Å²) in [7, 11) is 0. The summed E-state index contributed by atoms with van der Waals surface area (Å²) in [4.78, 5) is 2.34. The van der Waals surface area contributed by atoms with Crippen molar-refractivity contribution >= 4 is 39.0 Å². The monoisotopic (exact) mass is 847 g/mol. The van der Waals surface area contributed by atoms with Gasteiger partial charge in [-0.15, -0.1) is 0 Å². The zero-order chi connectivity index (χ0) is 43.3. The lowest BCUT2D eigenvalue weighted by Gasteiger charge is -2.61. The van der Waals surface area contributed by atoms with Crippen LogP contribution in [0.15, 0.2) is 217 Å². The number of hydrogen-bond donors (Lipinski definition) is 0. The molecule has 66 heavy (non-hydrogen) atoms. The Morgan fingerprint density at radius 2 is 0.818 bits per heavy atom. The first kappa shape index (κ1) is 37.9. The van der Waals surface area contributed by atoms with Crippen LogP contribution >= 0.6 is 0 Å². The maximum absolute atomic E-state index is 6.23. The number of hydrogen-bond acceptors (Lipinski definition) is 2. The Bertz CT molecular complexity index is 3440. The van der Waals surface area contributed by atoms with Crippen LogP contribution in [0.1, 0.15) is 43.2 Å². The zero-order valence-corrected chi connectivity index (χ0v) is 36.9. The van der Waals surface area contributed by atoms with E-state index in [-0.39, 0.29) is 5.41 Å². The summed E-state index contributed by atoms with van der Waals surface area (Å²) in [5.41, 5.74) is 21.3. The Labute approximate surface area is 386 Å². The van der Waals surface area contributed by atoms with E-state index >= 15 is 0 Å². The quantitative estimate of drug-likeness (QED) is 0.159. The molecule has 5 aliphatic carbocycles. The molecular weight excluding hydrogens is 799 g/mol. The highest BCUT2D eigenvalue weighted by atomic mass is 16.3. The van der Waals surface area contributed by atoms with E-state index in [0.29, 0.717) is 0 Å². The van der Waals surface area contributed by atoms with Crippen LogP contribution in [0.5, 0.6) is 0 Å². The first-order valence-corrected chi connectivity index (χ1v) is 24.1. The second kappa shape index (κ2) is 14.8. The molecule has 4 bridgehead atoms. The summed E-state index contributed by atoms with van der Waals surface area (Å²) < 4.78 is 6.23. The topological polar surface area (TPSA) is 16.4 Å². The van der Waals surface area contributed by atoms with Gasteiger partial charge in [-0.25, -0.2) is 0 Å². The molecule has 10 aromatic rings. The highest BCUT2D eigenvalue weighted by Gasteiger charge is 2.61. The van der Waals surface area contributed by atoms with Gasteiger partial charge in [-0.1, -0.05) is 152 Å². The third-order valence-electron chi connectivity index (χ3n) is 16.3. The van der Waals surface area contributed by atoms with Gasteiger partial charge in [0.2, 0.25) is 0 Å². The van der Waals surface area contributed by atoms with Crippen molar-refractivity contribution in [1.82, 2.24) is 0 Å². The van der Waals surface area contributed by atoms with E-state index < -0.39 is 0 Å². The van der Waals surface area contributed by atoms with Crippen molar-refractivity contribution in [2.24, 2.45) is 23.7 Å². The third kappa shape index (κ3) is 5.87. The predicted molar refractivity (Wildman–Crippen MR) is 273 cm³/mol. The number of furan rings is 1. The molecule has 0 unspecified atom stereocenters. The van der Waals surface area contributed by atoms with Crippen LogP contribution in [0.2, 0.25) is 0 Å². The van der Waals surface area contributed by atoms with Crippen molar-refractivity contribution in [2.45, 2.75) is 37.5 Å². The van der Waals surface area contributed by atoms with Crippen molar-refractivity contribution in [3.63, 3.8) is 0 Å². The van der Waals surface area contributed by atoms with Gasteiger partial charge in [-0.2, -0.15) is 0 Å². The van der Waals surface area contributed by atoms with Gasteiger partial charge >= 0.3 is 0 Å². The van der Waals surface area contributed by atoms with Crippen LogP contribution in [0.25, 0.3) is 77.6 Å². The van der Waals surface area contributed by atoms with E-state index in [1.807, 2.05) is 12.1 Å². The third-order valence-corrected chi connectivity index (χ3v) is 16.3. The van der Waals surface area contributed by atoms with Crippen LogP contribution in [-0.2, 0) is 5.41 Å². The maximum Gasteiger partial charge on any atom is 0.135 e. The molecule has 5 aliphatic rings. The van der Waals surface area contributed by atoms with Gasteiger partial charge < -0.3 is 9.32 Å². The van der Waals surface area contributed by atoms with Gasteiger partial charge in [0, 0.05) is 33.2 Å². The molecule has 0 aliphatic heterocycles. The Morgan fingerprint density at radius 1 is 0.333 bits per heavy atom. The highest BCUT2D eigenvalue weighted by molar-refractivity contribution is 6.06. The van der Waals surface area contributed by atoms with E-state index in [4.69, 9.17) is 4.42 Å². The minimum atomic E-state index is 0.210. The zero-order valence-electron chi connectivity index (χ0n) is 36.9. The lowest BCUT2D eigenvalue weighted by Crippen LogP contribution is -2.55. The van der Waals surface area contributed by atoms with Crippen molar-refractivity contribution in [1.29, 1.82) is 0 Å². The second-order valence-electron chi connectivity index (χ2n) is 19.7. The molecule has 1 aromatic heterocycles.